The van der Waals surface area contributed by atoms with E-state index < -0.39 is 16.3 Å². The third-order valence-electron chi connectivity index (χ3n) is 2.94. The zero-order chi connectivity index (χ0) is 13.3. The number of carbonyl (C=O) groups is 1. The number of rotatable bonds is 3. The lowest BCUT2D eigenvalue weighted by Crippen LogP contribution is -2.34. The molecule has 1 aromatic rings. The molecule has 2 rings (SSSR count). The summed E-state index contributed by atoms with van der Waals surface area (Å²) in [5.74, 6) is -0.0863. The number of nitrogens with zero attached hydrogens (tertiary/aromatic N) is 1. The number of carbonyl (C=O) groups excluding carboxylic acids is 1. The van der Waals surface area contributed by atoms with Crippen LogP contribution in [0, 0.1) is 0 Å². The standard InChI is InChI=1S/C12H15NO4S/c1-9(14)11-3-5-12(6-4-11)18(15,16)13-7-8-17-10(13)2/h3-6,10H,7-8H2,1-2H3. The molecule has 0 aliphatic carbocycles. The lowest BCUT2D eigenvalue weighted by molar-refractivity contribution is 0.0846. The summed E-state index contributed by atoms with van der Waals surface area (Å²) < 4.78 is 31.1. The minimum atomic E-state index is -3.53. The molecule has 0 amide bonds. The Hall–Kier alpha value is -1.24. The molecular formula is C12H15NO4S. The van der Waals surface area contributed by atoms with E-state index in [1.54, 1.807) is 6.92 Å². The van der Waals surface area contributed by atoms with Crippen molar-refractivity contribution >= 4 is 15.8 Å². The quantitative estimate of drug-likeness (QED) is 0.775. The number of ether oxygens (including phenoxy) is 1. The molecule has 1 saturated heterocycles. The molecule has 1 aliphatic rings. The number of sulfonamides is 1. The van der Waals surface area contributed by atoms with Crippen LogP contribution in [0.4, 0.5) is 0 Å². The Labute approximate surface area is 106 Å². The van der Waals surface area contributed by atoms with E-state index in [1.807, 2.05) is 0 Å². The van der Waals surface area contributed by atoms with Crippen molar-refractivity contribution in [3.63, 3.8) is 0 Å². The van der Waals surface area contributed by atoms with Crippen molar-refractivity contribution in [2.24, 2.45) is 0 Å². The maximum atomic E-state index is 12.3. The minimum absolute atomic E-state index is 0.0863. The van der Waals surface area contributed by atoms with Crippen molar-refractivity contribution in [2.75, 3.05) is 13.2 Å². The first-order valence-corrected chi connectivity index (χ1v) is 7.11. The van der Waals surface area contributed by atoms with Gasteiger partial charge < -0.3 is 4.74 Å². The van der Waals surface area contributed by atoms with E-state index in [4.69, 9.17) is 4.74 Å². The molecule has 0 saturated carbocycles. The van der Waals surface area contributed by atoms with Gasteiger partial charge in [0.2, 0.25) is 10.0 Å². The molecule has 1 fully saturated rings. The Morgan fingerprint density at radius 2 is 1.94 bits per heavy atom. The average molecular weight is 269 g/mol. The molecule has 6 heteroatoms. The van der Waals surface area contributed by atoms with Crippen molar-refractivity contribution < 1.29 is 17.9 Å². The third-order valence-corrected chi connectivity index (χ3v) is 4.91. The van der Waals surface area contributed by atoms with Gasteiger partial charge in [0.15, 0.2) is 5.78 Å². The molecule has 18 heavy (non-hydrogen) atoms. The molecule has 0 aromatic heterocycles. The van der Waals surface area contributed by atoms with Crippen LogP contribution in [-0.2, 0) is 14.8 Å². The molecular weight excluding hydrogens is 254 g/mol. The van der Waals surface area contributed by atoms with Gasteiger partial charge >= 0.3 is 0 Å². The van der Waals surface area contributed by atoms with Crippen LogP contribution in [0.5, 0.6) is 0 Å². The fourth-order valence-electron chi connectivity index (χ4n) is 1.89. The van der Waals surface area contributed by atoms with Gasteiger partial charge in [-0.25, -0.2) is 8.42 Å². The Balaban J connectivity index is 2.33. The predicted molar refractivity (Wildman–Crippen MR) is 65.8 cm³/mol. The van der Waals surface area contributed by atoms with E-state index in [0.717, 1.165) is 0 Å². The van der Waals surface area contributed by atoms with Crippen molar-refractivity contribution in [2.45, 2.75) is 25.0 Å². The first-order chi connectivity index (χ1) is 8.43. The molecule has 1 aromatic carbocycles. The summed E-state index contributed by atoms with van der Waals surface area (Å²) in [5, 5.41) is 0. The van der Waals surface area contributed by atoms with Crippen molar-refractivity contribution in [3.8, 4) is 0 Å². The van der Waals surface area contributed by atoms with Crippen LogP contribution in [0.3, 0.4) is 0 Å². The summed E-state index contributed by atoms with van der Waals surface area (Å²) in [4.78, 5) is 11.3. The lowest BCUT2D eigenvalue weighted by Gasteiger charge is -2.19. The molecule has 0 bridgehead atoms. The van der Waals surface area contributed by atoms with E-state index >= 15 is 0 Å². The molecule has 0 N–H and O–H groups in total. The zero-order valence-corrected chi connectivity index (χ0v) is 11.1. The molecule has 5 nitrogen and oxygen atoms in total. The van der Waals surface area contributed by atoms with Gasteiger partial charge in [-0.05, 0) is 26.0 Å². The largest absolute Gasteiger partial charge is 0.361 e. The minimum Gasteiger partial charge on any atom is -0.361 e. The second kappa shape index (κ2) is 4.79. The molecule has 1 heterocycles. The van der Waals surface area contributed by atoms with Gasteiger partial charge in [0.05, 0.1) is 11.5 Å². The van der Waals surface area contributed by atoms with Crippen LogP contribution in [0.2, 0.25) is 0 Å². The highest BCUT2D eigenvalue weighted by Crippen LogP contribution is 2.22. The highest BCUT2D eigenvalue weighted by atomic mass is 32.2. The van der Waals surface area contributed by atoms with Gasteiger partial charge in [0.1, 0.15) is 6.23 Å². The fraction of sp³-hybridized carbons (Fsp3) is 0.417. The molecule has 1 atom stereocenters. The Morgan fingerprint density at radius 1 is 1.33 bits per heavy atom. The highest BCUT2D eigenvalue weighted by Gasteiger charge is 2.33. The number of hydrogen-bond acceptors (Lipinski definition) is 4. The SMILES string of the molecule is CC(=O)c1ccc(S(=O)(=O)N2CCOC2C)cc1. The summed E-state index contributed by atoms with van der Waals surface area (Å²) >= 11 is 0. The van der Waals surface area contributed by atoms with E-state index in [0.29, 0.717) is 18.7 Å². The topological polar surface area (TPSA) is 63.7 Å². The third kappa shape index (κ3) is 2.31. The van der Waals surface area contributed by atoms with Crippen LogP contribution in [0.25, 0.3) is 0 Å². The van der Waals surface area contributed by atoms with Crippen LogP contribution in [-0.4, -0.2) is 37.9 Å². The van der Waals surface area contributed by atoms with Crippen LogP contribution < -0.4 is 0 Å². The van der Waals surface area contributed by atoms with Crippen molar-refractivity contribution in [1.29, 1.82) is 0 Å². The normalized spacial score (nSPS) is 21.1. The summed E-state index contributed by atoms with van der Waals surface area (Å²) in [6, 6.07) is 5.96. The monoisotopic (exact) mass is 269 g/mol. The highest BCUT2D eigenvalue weighted by molar-refractivity contribution is 7.89. The molecule has 0 radical (unpaired) electrons. The first kappa shape index (κ1) is 13.2. The van der Waals surface area contributed by atoms with Crippen LogP contribution in [0.1, 0.15) is 24.2 Å². The summed E-state index contributed by atoms with van der Waals surface area (Å²) in [7, 11) is -3.53. The maximum Gasteiger partial charge on any atom is 0.245 e. The summed E-state index contributed by atoms with van der Waals surface area (Å²) in [5.41, 5.74) is 0.500. The first-order valence-electron chi connectivity index (χ1n) is 5.67. The number of hydrogen-bond donors (Lipinski definition) is 0. The Kier molecular flexibility index (Phi) is 3.52. The van der Waals surface area contributed by atoms with Gasteiger partial charge in [-0.2, -0.15) is 4.31 Å². The lowest BCUT2D eigenvalue weighted by atomic mass is 10.2. The van der Waals surface area contributed by atoms with Crippen LogP contribution in [0.15, 0.2) is 29.2 Å². The number of benzene rings is 1. The van der Waals surface area contributed by atoms with Crippen molar-refractivity contribution in [1.82, 2.24) is 4.31 Å². The number of Topliss-reactive ketones (excluding diaryl/α,β-unsaturated/α-hetero) is 1. The Morgan fingerprint density at radius 3 is 2.39 bits per heavy atom. The molecule has 98 valence electrons. The second-order valence-electron chi connectivity index (χ2n) is 4.17. The number of ketones is 1. The summed E-state index contributed by atoms with van der Waals surface area (Å²) in [6.07, 6.45) is -0.442. The van der Waals surface area contributed by atoms with Crippen LogP contribution >= 0.6 is 0 Å². The average Bonchev–Trinajstić information content (AvgIpc) is 2.76. The maximum absolute atomic E-state index is 12.3. The van der Waals surface area contributed by atoms with Gasteiger partial charge in [-0.3, -0.25) is 4.79 Å². The van der Waals surface area contributed by atoms with Crippen molar-refractivity contribution in [3.05, 3.63) is 29.8 Å². The molecule has 0 spiro atoms. The molecule has 1 aliphatic heterocycles. The van der Waals surface area contributed by atoms with E-state index in [-0.39, 0.29) is 10.7 Å². The van der Waals surface area contributed by atoms with E-state index in [2.05, 4.69) is 0 Å². The molecule has 1 unspecified atom stereocenters. The van der Waals surface area contributed by atoms with Gasteiger partial charge in [-0.15, -0.1) is 0 Å². The zero-order valence-electron chi connectivity index (χ0n) is 10.3. The van der Waals surface area contributed by atoms with Gasteiger partial charge in [-0.1, -0.05) is 12.1 Å². The summed E-state index contributed by atoms with van der Waals surface area (Å²) in [6.45, 7) is 3.91. The fourth-order valence-corrected chi connectivity index (χ4v) is 3.41. The Bertz CT molecular complexity index is 550. The van der Waals surface area contributed by atoms with Gasteiger partial charge in [0, 0.05) is 12.1 Å². The van der Waals surface area contributed by atoms with Gasteiger partial charge in [0.25, 0.3) is 0 Å². The predicted octanol–water partition coefficient (Wildman–Crippen LogP) is 1.26. The second-order valence-corrected chi connectivity index (χ2v) is 6.06. The van der Waals surface area contributed by atoms with E-state index in [9.17, 15) is 13.2 Å². The smallest absolute Gasteiger partial charge is 0.245 e. The van der Waals surface area contributed by atoms with E-state index in [1.165, 1.54) is 35.5 Å².